The third kappa shape index (κ3) is 2.63. The fourth-order valence-corrected chi connectivity index (χ4v) is 2.95. The van der Waals surface area contributed by atoms with E-state index in [1.165, 1.54) is 12.8 Å². The van der Waals surface area contributed by atoms with Crippen LogP contribution in [0.15, 0.2) is 55.1 Å². The Labute approximate surface area is 144 Å². The Hall–Kier alpha value is -3.22. The average Bonchev–Trinajstić information content (AvgIpc) is 3.23. The zero-order valence-electron chi connectivity index (χ0n) is 13.6. The lowest BCUT2D eigenvalue weighted by molar-refractivity contribution is 0.880. The van der Waals surface area contributed by atoms with Gasteiger partial charge in [0.2, 0.25) is 5.65 Å². The van der Waals surface area contributed by atoms with Crippen molar-refractivity contribution in [2.24, 2.45) is 0 Å². The fourth-order valence-electron chi connectivity index (χ4n) is 2.95. The molecule has 4 aromatic rings. The predicted molar refractivity (Wildman–Crippen MR) is 93.6 cm³/mol. The highest BCUT2D eigenvalue weighted by Gasteiger charge is 2.29. The van der Waals surface area contributed by atoms with Crippen LogP contribution in [0.1, 0.15) is 30.1 Å². The van der Waals surface area contributed by atoms with Crippen molar-refractivity contribution in [3.05, 3.63) is 66.5 Å². The van der Waals surface area contributed by atoms with Crippen LogP contribution in [-0.4, -0.2) is 29.4 Å². The summed E-state index contributed by atoms with van der Waals surface area (Å²) in [4.78, 5) is 4.42. The zero-order valence-corrected chi connectivity index (χ0v) is 13.6. The molecule has 1 aliphatic rings. The third-order valence-electron chi connectivity index (χ3n) is 4.41. The van der Waals surface area contributed by atoms with Crippen molar-refractivity contribution in [1.82, 2.24) is 29.4 Å². The SMILES string of the molecule is c1ccc(-n2cc(CNc3nccn4c(C5CC5)nnc34)cn2)cc1. The number of aromatic nitrogens is 6. The van der Waals surface area contributed by atoms with Gasteiger partial charge >= 0.3 is 0 Å². The molecule has 3 aromatic heterocycles. The monoisotopic (exact) mass is 331 g/mol. The molecule has 124 valence electrons. The molecule has 3 heterocycles. The molecule has 5 rings (SSSR count). The molecule has 0 atom stereocenters. The van der Waals surface area contributed by atoms with Crippen molar-refractivity contribution in [1.29, 1.82) is 0 Å². The third-order valence-corrected chi connectivity index (χ3v) is 4.41. The lowest BCUT2D eigenvalue weighted by Crippen LogP contribution is -2.03. The summed E-state index contributed by atoms with van der Waals surface area (Å²) in [7, 11) is 0. The molecule has 1 aromatic carbocycles. The van der Waals surface area contributed by atoms with Crippen molar-refractivity contribution in [3.63, 3.8) is 0 Å². The van der Waals surface area contributed by atoms with Crippen LogP contribution >= 0.6 is 0 Å². The van der Waals surface area contributed by atoms with Gasteiger partial charge in [-0.3, -0.25) is 4.40 Å². The minimum absolute atomic E-state index is 0.550. The number of rotatable bonds is 5. The van der Waals surface area contributed by atoms with E-state index in [9.17, 15) is 0 Å². The Morgan fingerprint density at radius 2 is 2.00 bits per heavy atom. The van der Waals surface area contributed by atoms with Gasteiger partial charge in [0.15, 0.2) is 5.82 Å². The average molecular weight is 331 g/mol. The Morgan fingerprint density at radius 3 is 2.84 bits per heavy atom. The number of benzene rings is 1. The predicted octanol–water partition coefficient (Wildman–Crippen LogP) is 2.80. The molecule has 0 aliphatic heterocycles. The molecule has 1 aliphatic carbocycles. The van der Waals surface area contributed by atoms with Crippen LogP contribution in [0.3, 0.4) is 0 Å². The smallest absolute Gasteiger partial charge is 0.203 e. The van der Waals surface area contributed by atoms with Crippen molar-refractivity contribution < 1.29 is 0 Å². The molecule has 0 amide bonds. The molecular weight excluding hydrogens is 314 g/mol. The number of nitrogens with one attached hydrogen (secondary N) is 1. The second kappa shape index (κ2) is 5.70. The second-order valence-corrected chi connectivity index (χ2v) is 6.28. The van der Waals surface area contributed by atoms with Crippen LogP contribution in [0.4, 0.5) is 5.82 Å². The molecular formula is C18H17N7. The first-order valence-corrected chi connectivity index (χ1v) is 8.41. The van der Waals surface area contributed by atoms with Crippen molar-refractivity contribution in [2.75, 3.05) is 5.32 Å². The van der Waals surface area contributed by atoms with E-state index < -0.39 is 0 Å². The maximum absolute atomic E-state index is 4.42. The standard InChI is InChI=1S/C18H17N7/c1-2-4-15(5-3-1)25-12-13(11-21-25)10-20-16-18-23-22-17(14-6-7-14)24(18)9-8-19-16/h1-5,8-9,11-12,14H,6-7,10H2,(H,19,20). The van der Waals surface area contributed by atoms with E-state index in [-0.39, 0.29) is 0 Å². The molecule has 1 fully saturated rings. The number of nitrogens with zero attached hydrogens (tertiary/aromatic N) is 6. The van der Waals surface area contributed by atoms with Gasteiger partial charge in [0.05, 0.1) is 11.9 Å². The van der Waals surface area contributed by atoms with E-state index >= 15 is 0 Å². The summed E-state index contributed by atoms with van der Waals surface area (Å²) in [5.74, 6) is 2.33. The topological polar surface area (TPSA) is 72.9 Å². The van der Waals surface area contributed by atoms with Gasteiger partial charge in [-0.25, -0.2) is 9.67 Å². The van der Waals surface area contributed by atoms with Gasteiger partial charge in [0.25, 0.3) is 0 Å². The number of hydrogen-bond acceptors (Lipinski definition) is 5. The van der Waals surface area contributed by atoms with Gasteiger partial charge in [-0.2, -0.15) is 5.10 Å². The van der Waals surface area contributed by atoms with Crippen molar-refractivity contribution in [3.8, 4) is 5.69 Å². The normalized spacial score (nSPS) is 14.1. The molecule has 7 nitrogen and oxygen atoms in total. The van der Waals surface area contributed by atoms with Crippen LogP contribution in [0, 0.1) is 0 Å². The van der Waals surface area contributed by atoms with Gasteiger partial charge in [-0.15, -0.1) is 10.2 Å². The fraction of sp³-hybridized carbons (Fsp3) is 0.222. The van der Waals surface area contributed by atoms with Gasteiger partial charge < -0.3 is 5.32 Å². The minimum Gasteiger partial charge on any atom is -0.363 e. The Balaban J connectivity index is 1.36. The number of anilines is 1. The largest absolute Gasteiger partial charge is 0.363 e. The summed E-state index contributed by atoms with van der Waals surface area (Å²) in [6, 6.07) is 10.1. The summed E-state index contributed by atoms with van der Waals surface area (Å²) in [6.45, 7) is 0.630. The lowest BCUT2D eigenvalue weighted by Gasteiger charge is -2.05. The highest BCUT2D eigenvalue weighted by atomic mass is 15.3. The molecule has 1 saturated carbocycles. The molecule has 25 heavy (non-hydrogen) atoms. The molecule has 7 heteroatoms. The maximum atomic E-state index is 4.42. The van der Waals surface area contributed by atoms with Crippen LogP contribution in [0.25, 0.3) is 11.3 Å². The van der Waals surface area contributed by atoms with Gasteiger partial charge in [-0.1, -0.05) is 18.2 Å². The molecule has 1 N–H and O–H groups in total. The van der Waals surface area contributed by atoms with E-state index in [0.29, 0.717) is 12.5 Å². The molecule has 0 bridgehead atoms. The lowest BCUT2D eigenvalue weighted by atomic mass is 10.3. The van der Waals surface area contributed by atoms with Crippen LogP contribution in [0.5, 0.6) is 0 Å². The minimum atomic E-state index is 0.550. The van der Waals surface area contributed by atoms with Gasteiger partial charge in [0, 0.05) is 36.6 Å². The van der Waals surface area contributed by atoms with Crippen LogP contribution < -0.4 is 5.32 Å². The molecule has 0 unspecified atom stereocenters. The Bertz CT molecular complexity index is 1010. The van der Waals surface area contributed by atoms with Crippen LogP contribution in [-0.2, 0) is 6.54 Å². The Kier molecular flexibility index (Phi) is 3.22. The van der Waals surface area contributed by atoms with E-state index in [2.05, 4.69) is 25.6 Å². The van der Waals surface area contributed by atoms with E-state index in [0.717, 1.165) is 28.5 Å². The summed E-state index contributed by atoms with van der Waals surface area (Å²) < 4.78 is 3.91. The summed E-state index contributed by atoms with van der Waals surface area (Å²) in [5, 5.41) is 16.4. The molecule has 0 radical (unpaired) electrons. The first kappa shape index (κ1) is 14.2. The summed E-state index contributed by atoms with van der Waals surface area (Å²) in [6.07, 6.45) is 10.00. The molecule has 0 saturated heterocycles. The number of hydrogen-bond donors (Lipinski definition) is 1. The maximum Gasteiger partial charge on any atom is 0.203 e. The molecule has 0 spiro atoms. The first-order valence-electron chi connectivity index (χ1n) is 8.41. The van der Waals surface area contributed by atoms with Gasteiger partial charge in [-0.05, 0) is 25.0 Å². The van der Waals surface area contributed by atoms with E-state index in [1.54, 1.807) is 6.20 Å². The zero-order chi connectivity index (χ0) is 16.6. The van der Waals surface area contributed by atoms with Crippen LogP contribution in [0.2, 0.25) is 0 Å². The number of para-hydroxylation sites is 1. The van der Waals surface area contributed by atoms with E-state index in [1.807, 2.05) is 58.0 Å². The highest BCUT2D eigenvalue weighted by Crippen LogP contribution is 2.39. The van der Waals surface area contributed by atoms with Crippen molar-refractivity contribution >= 4 is 11.5 Å². The van der Waals surface area contributed by atoms with E-state index in [4.69, 9.17) is 0 Å². The van der Waals surface area contributed by atoms with Crippen molar-refractivity contribution in [2.45, 2.75) is 25.3 Å². The number of fused-ring (bicyclic) bond motifs is 1. The second-order valence-electron chi connectivity index (χ2n) is 6.28. The first-order chi connectivity index (χ1) is 12.4. The quantitative estimate of drug-likeness (QED) is 0.609. The summed E-state index contributed by atoms with van der Waals surface area (Å²) >= 11 is 0. The Morgan fingerprint density at radius 1 is 1.12 bits per heavy atom. The van der Waals surface area contributed by atoms with Gasteiger partial charge in [0.1, 0.15) is 5.82 Å². The highest BCUT2D eigenvalue weighted by molar-refractivity contribution is 5.62. The summed E-state index contributed by atoms with van der Waals surface area (Å²) in [5.41, 5.74) is 2.90.